The normalized spacial score (nSPS) is 21.5. The van der Waals surface area contributed by atoms with Gasteiger partial charge >= 0.3 is 12.3 Å². The van der Waals surface area contributed by atoms with Crippen molar-refractivity contribution in [2.75, 3.05) is 32.7 Å². The number of carboxylic acids is 1. The van der Waals surface area contributed by atoms with Gasteiger partial charge in [-0.3, -0.25) is 19.4 Å². The van der Waals surface area contributed by atoms with Gasteiger partial charge in [0, 0.05) is 55.5 Å². The molecule has 3 aliphatic rings. The molecule has 5 heterocycles. The SMILES string of the molecule is O=C(O)CN1C[C@@H]2C[C@H]1CN2CC(=O)N1CCc2c(n(Cc3cccc(OC(F)(F)F)c3)c3ncccc23)C1. The molecule has 2 aromatic heterocycles. The van der Waals surface area contributed by atoms with Crippen LogP contribution in [0.4, 0.5) is 13.2 Å². The Morgan fingerprint density at radius 1 is 1.08 bits per heavy atom. The Morgan fingerprint density at radius 3 is 2.56 bits per heavy atom. The van der Waals surface area contributed by atoms with Gasteiger partial charge in [-0.05, 0) is 48.2 Å². The maximum atomic E-state index is 13.4. The van der Waals surface area contributed by atoms with Crippen molar-refractivity contribution < 1.29 is 32.6 Å². The molecule has 2 saturated heterocycles. The van der Waals surface area contributed by atoms with Crippen molar-refractivity contribution in [3.05, 3.63) is 59.4 Å². The number of piperazine rings is 1. The van der Waals surface area contributed by atoms with Crippen LogP contribution in [0.3, 0.4) is 0 Å². The lowest BCUT2D eigenvalue weighted by Crippen LogP contribution is -2.51. The van der Waals surface area contributed by atoms with E-state index in [1.165, 1.54) is 18.2 Å². The van der Waals surface area contributed by atoms with E-state index in [-0.39, 0.29) is 43.4 Å². The molecule has 2 bridgehead atoms. The van der Waals surface area contributed by atoms with Crippen molar-refractivity contribution in [1.29, 1.82) is 0 Å². The highest BCUT2D eigenvalue weighted by molar-refractivity contribution is 5.84. The maximum Gasteiger partial charge on any atom is 0.573 e. The summed E-state index contributed by atoms with van der Waals surface area (Å²) in [6, 6.07) is 10.1. The van der Waals surface area contributed by atoms with E-state index in [9.17, 15) is 22.8 Å². The Hall–Kier alpha value is -3.64. The quantitative estimate of drug-likeness (QED) is 0.490. The third kappa shape index (κ3) is 5.18. The second-order valence-electron chi connectivity index (χ2n) is 10.4. The number of likely N-dealkylation sites (tertiary alicyclic amines) is 2. The summed E-state index contributed by atoms with van der Waals surface area (Å²) in [5.74, 6) is -1.10. The number of carbonyl (C=O) groups is 2. The Bertz CT molecular complexity index is 1420. The molecular formula is C27H28F3N5O4. The van der Waals surface area contributed by atoms with Crippen LogP contribution in [-0.4, -0.2) is 92.4 Å². The first kappa shape index (κ1) is 25.6. The lowest BCUT2D eigenvalue weighted by molar-refractivity contribution is -0.274. The number of fused-ring (bicyclic) bond motifs is 5. The van der Waals surface area contributed by atoms with E-state index < -0.39 is 12.3 Å². The zero-order valence-corrected chi connectivity index (χ0v) is 21.1. The molecule has 2 fully saturated rings. The van der Waals surface area contributed by atoms with Crippen molar-refractivity contribution >= 4 is 22.9 Å². The Labute approximate surface area is 222 Å². The van der Waals surface area contributed by atoms with E-state index >= 15 is 0 Å². The number of carbonyl (C=O) groups excluding carboxylic acids is 1. The first-order chi connectivity index (χ1) is 18.6. The monoisotopic (exact) mass is 543 g/mol. The van der Waals surface area contributed by atoms with Crippen LogP contribution in [0, 0.1) is 0 Å². The number of ether oxygens (including phenoxy) is 1. The average Bonchev–Trinajstić information content (AvgIpc) is 3.54. The zero-order valence-electron chi connectivity index (χ0n) is 21.1. The molecule has 9 nitrogen and oxygen atoms in total. The predicted molar refractivity (Wildman–Crippen MR) is 134 cm³/mol. The van der Waals surface area contributed by atoms with E-state index in [1.54, 1.807) is 12.3 Å². The minimum atomic E-state index is -4.77. The molecular weight excluding hydrogens is 515 g/mol. The van der Waals surface area contributed by atoms with Crippen LogP contribution in [0.5, 0.6) is 5.75 Å². The molecule has 3 aromatic rings. The fourth-order valence-corrected chi connectivity index (χ4v) is 6.33. The van der Waals surface area contributed by atoms with Gasteiger partial charge < -0.3 is 19.3 Å². The number of amides is 1. The van der Waals surface area contributed by atoms with E-state index in [1.807, 2.05) is 26.5 Å². The van der Waals surface area contributed by atoms with Crippen LogP contribution in [0.15, 0.2) is 42.6 Å². The third-order valence-electron chi connectivity index (χ3n) is 7.98. The molecule has 3 aliphatic heterocycles. The zero-order chi connectivity index (χ0) is 27.3. The summed E-state index contributed by atoms with van der Waals surface area (Å²) in [5.41, 5.74) is 3.40. The van der Waals surface area contributed by atoms with Crippen molar-refractivity contribution in [3.63, 3.8) is 0 Å². The van der Waals surface area contributed by atoms with E-state index in [2.05, 4.69) is 14.6 Å². The molecule has 206 valence electrons. The Morgan fingerprint density at radius 2 is 1.85 bits per heavy atom. The summed E-state index contributed by atoms with van der Waals surface area (Å²) in [4.78, 5) is 35.0. The fourth-order valence-electron chi connectivity index (χ4n) is 6.33. The molecule has 0 saturated carbocycles. The molecule has 0 aliphatic carbocycles. The number of nitrogens with zero attached hydrogens (tertiary/aromatic N) is 5. The van der Waals surface area contributed by atoms with Gasteiger partial charge in [-0.15, -0.1) is 13.2 Å². The van der Waals surface area contributed by atoms with Crippen molar-refractivity contribution in [1.82, 2.24) is 24.3 Å². The van der Waals surface area contributed by atoms with Crippen LogP contribution in [0.2, 0.25) is 0 Å². The molecule has 0 radical (unpaired) electrons. The summed E-state index contributed by atoms with van der Waals surface area (Å²) < 4.78 is 44.4. The number of aromatic nitrogens is 2. The number of carboxylic acid groups (broad SMARTS) is 1. The second kappa shape index (κ2) is 9.83. The molecule has 12 heteroatoms. The van der Waals surface area contributed by atoms with Gasteiger partial charge in [0.05, 0.1) is 19.6 Å². The van der Waals surface area contributed by atoms with Crippen LogP contribution in [0.1, 0.15) is 23.2 Å². The van der Waals surface area contributed by atoms with E-state index in [0.29, 0.717) is 38.2 Å². The van der Waals surface area contributed by atoms with E-state index in [0.717, 1.165) is 28.7 Å². The number of pyridine rings is 1. The van der Waals surface area contributed by atoms with Crippen LogP contribution in [0.25, 0.3) is 11.0 Å². The van der Waals surface area contributed by atoms with Gasteiger partial charge in [-0.1, -0.05) is 12.1 Å². The number of hydrogen-bond acceptors (Lipinski definition) is 6. The average molecular weight is 544 g/mol. The molecule has 1 N–H and O–H groups in total. The largest absolute Gasteiger partial charge is 0.573 e. The lowest BCUT2D eigenvalue weighted by Gasteiger charge is -2.35. The molecule has 1 aromatic carbocycles. The van der Waals surface area contributed by atoms with Crippen molar-refractivity contribution in [2.24, 2.45) is 0 Å². The Balaban J connectivity index is 1.20. The topological polar surface area (TPSA) is 91.1 Å². The number of hydrogen-bond donors (Lipinski definition) is 1. The number of alkyl halides is 3. The summed E-state index contributed by atoms with van der Waals surface area (Å²) in [5, 5.41) is 10.1. The number of benzene rings is 1. The van der Waals surface area contributed by atoms with Gasteiger partial charge in [-0.25, -0.2) is 4.98 Å². The lowest BCUT2D eigenvalue weighted by atomic mass is 10.0. The van der Waals surface area contributed by atoms with Crippen LogP contribution < -0.4 is 4.74 Å². The third-order valence-corrected chi connectivity index (χ3v) is 7.98. The predicted octanol–water partition coefficient (Wildman–Crippen LogP) is 2.71. The fraction of sp³-hybridized carbons (Fsp3) is 0.444. The summed E-state index contributed by atoms with van der Waals surface area (Å²) >= 11 is 0. The molecule has 1 amide bonds. The second-order valence-corrected chi connectivity index (χ2v) is 10.4. The van der Waals surface area contributed by atoms with Gasteiger partial charge in [0.2, 0.25) is 5.91 Å². The molecule has 2 atom stereocenters. The highest BCUT2D eigenvalue weighted by Gasteiger charge is 2.44. The number of aliphatic carboxylic acids is 1. The number of halogens is 3. The summed E-state index contributed by atoms with van der Waals surface area (Å²) in [6.07, 6.45) is -1.55. The van der Waals surface area contributed by atoms with Crippen LogP contribution >= 0.6 is 0 Å². The highest BCUT2D eigenvalue weighted by atomic mass is 19.4. The van der Waals surface area contributed by atoms with Crippen molar-refractivity contribution in [2.45, 2.75) is 44.4 Å². The minimum Gasteiger partial charge on any atom is -0.480 e. The standard InChI is InChI=1S/C27H28F3N5O4/c28-27(29,30)39-20-4-1-3-17(9-20)11-35-23-14-32(8-6-21(23)22-5-2-7-31-26(22)35)24(36)15-33-12-19-10-18(33)13-34(19)16-25(37)38/h1-5,7,9,18-19H,6,8,10-16H2,(H,37,38)/t18-,19-/m0/s1. The van der Waals surface area contributed by atoms with Gasteiger partial charge in [0.15, 0.2) is 0 Å². The van der Waals surface area contributed by atoms with Crippen molar-refractivity contribution in [3.8, 4) is 5.75 Å². The van der Waals surface area contributed by atoms with Gasteiger partial charge in [0.1, 0.15) is 11.4 Å². The summed E-state index contributed by atoms with van der Waals surface area (Å²) in [6.45, 7) is 2.90. The minimum absolute atomic E-state index is 0.0170. The van der Waals surface area contributed by atoms with E-state index in [4.69, 9.17) is 5.11 Å². The highest BCUT2D eigenvalue weighted by Crippen LogP contribution is 2.33. The Kier molecular flexibility index (Phi) is 6.46. The first-order valence-electron chi connectivity index (χ1n) is 12.9. The van der Waals surface area contributed by atoms with Gasteiger partial charge in [-0.2, -0.15) is 0 Å². The summed E-state index contributed by atoms with van der Waals surface area (Å²) in [7, 11) is 0. The molecule has 0 unspecified atom stereocenters. The van der Waals surface area contributed by atoms with Crippen LogP contribution in [-0.2, 0) is 29.1 Å². The molecule has 39 heavy (non-hydrogen) atoms. The molecule has 6 rings (SSSR count). The first-order valence-corrected chi connectivity index (χ1v) is 12.9. The smallest absolute Gasteiger partial charge is 0.480 e. The number of rotatable bonds is 7. The molecule has 0 spiro atoms. The maximum absolute atomic E-state index is 13.4. The van der Waals surface area contributed by atoms with Gasteiger partial charge in [0.25, 0.3) is 0 Å².